The van der Waals surface area contributed by atoms with E-state index in [0.29, 0.717) is 38.7 Å². The topological polar surface area (TPSA) is 93.8 Å². The molecular formula is C27H20N4O3S. The van der Waals surface area contributed by atoms with E-state index in [0.717, 1.165) is 23.1 Å². The summed E-state index contributed by atoms with van der Waals surface area (Å²) in [6.07, 6.45) is 0.776. The Morgan fingerprint density at radius 1 is 0.914 bits per heavy atom. The number of nitrogens with one attached hydrogen (secondary N) is 1. The predicted molar refractivity (Wildman–Crippen MR) is 138 cm³/mol. The van der Waals surface area contributed by atoms with Crippen LogP contribution in [0.2, 0.25) is 0 Å². The molecule has 0 bridgehead atoms. The van der Waals surface area contributed by atoms with E-state index >= 15 is 0 Å². The third-order valence-electron chi connectivity index (χ3n) is 5.98. The van der Waals surface area contributed by atoms with Crippen LogP contribution < -0.4 is 11.1 Å². The van der Waals surface area contributed by atoms with E-state index in [1.165, 1.54) is 11.8 Å². The van der Waals surface area contributed by atoms with Crippen LogP contribution in [0.5, 0.6) is 0 Å². The quantitative estimate of drug-likeness (QED) is 0.268. The Morgan fingerprint density at radius 2 is 1.66 bits per heavy atom. The molecule has 3 heterocycles. The van der Waals surface area contributed by atoms with Crippen molar-refractivity contribution in [3.05, 3.63) is 105 Å². The molecule has 0 amide bonds. The van der Waals surface area contributed by atoms with Gasteiger partial charge in [0.15, 0.2) is 5.16 Å². The standard InChI is InChI=1S/C27H20N4O3S/c1-2-16-9-3-7-13-20(16)31-26(33)17-10-4-6-12-19(17)28-27(31)35-15-22-29-23-18-11-5-8-14-21(18)34-24(23)25(32)30-22/h3-14H,2,15H2,1H3,(H,29,30,32). The Balaban J connectivity index is 1.48. The van der Waals surface area contributed by atoms with E-state index in [2.05, 4.69) is 16.9 Å². The smallest absolute Gasteiger partial charge is 0.294 e. The maximum absolute atomic E-state index is 13.6. The van der Waals surface area contributed by atoms with Crippen molar-refractivity contribution in [3.63, 3.8) is 0 Å². The lowest BCUT2D eigenvalue weighted by molar-refractivity contribution is 0.660. The zero-order valence-electron chi connectivity index (χ0n) is 18.8. The normalized spacial score (nSPS) is 11.6. The van der Waals surface area contributed by atoms with Gasteiger partial charge in [0.2, 0.25) is 5.58 Å². The minimum atomic E-state index is -0.331. The number of furan rings is 1. The molecule has 0 radical (unpaired) electrons. The Hall–Kier alpha value is -4.17. The molecule has 0 aliphatic heterocycles. The number of rotatable bonds is 5. The SMILES string of the molecule is CCc1ccccc1-n1c(SCc2nc3c(oc4ccccc43)c(=O)[nH]2)nc2ccccc2c1=O. The largest absolute Gasteiger partial charge is 0.449 e. The van der Waals surface area contributed by atoms with E-state index in [1.54, 1.807) is 10.6 Å². The summed E-state index contributed by atoms with van der Waals surface area (Å²) in [5.41, 5.74) is 3.37. The van der Waals surface area contributed by atoms with Gasteiger partial charge in [0, 0.05) is 5.39 Å². The molecule has 6 rings (SSSR count). The first-order valence-electron chi connectivity index (χ1n) is 11.3. The van der Waals surface area contributed by atoms with Gasteiger partial charge in [-0.05, 0) is 42.3 Å². The van der Waals surface area contributed by atoms with E-state index in [-0.39, 0.29) is 16.7 Å². The number of aromatic amines is 1. The number of hydrogen-bond donors (Lipinski definition) is 1. The monoisotopic (exact) mass is 480 g/mol. The second-order valence-corrected chi connectivity index (χ2v) is 9.05. The fourth-order valence-electron chi connectivity index (χ4n) is 4.30. The van der Waals surface area contributed by atoms with E-state index in [9.17, 15) is 9.59 Å². The van der Waals surface area contributed by atoms with Crippen molar-refractivity contribution >= 4 is 44.7 Å². The molecule has 35 heavy (non-hydrogen) atoms. The molecule has 0 saturated carbocycles. The number of aromatic nitrogens is 4. The van der Waals surface area contributed by atoms with Gasteiger partial charge in [-0.3, -0.25) is 14.2 Å². The van der Waals surface area contributed by atoms with Crippen LogP contribution in [0.15, 0.2) is 92.0 Å². The number of fused-ring (bicyclic) bond motifs is 4. The predicted octanol–water partition coefficient (Wildman–Crippen LogP) is 5.22. The number of hydrogen-bond acceptors (Lipinski definition) is 6. The molecule has 0 unspecified atom stereocenters. The highest BCUT2D eigenvalue weighted by atomic mass is 32.2. The summed E-state index contributed by atoms with van der Waals surface area (Å²) in [7, 11) is 0. The van der Waals surface area contributed by atoms with Gasteiger partial charge in [-0.15, -0.1) is 0 Å². The minimum absolute atomic E-state index is 0.128. The Labute approximate surface area is 203 Å². The van der Waals surface area contributed by atoms with Gasteiger partial charge in [0.25, 0.3) is 11.1 Å². The summed E-state index contributed by atoms with van der Waals surface area (Å²) in [6, 6.07) is 22.6. The lowest BCUT2D eigenvalue weighted by atomic mass is 10.1. The maximum Gasteiger partial charge on any atom is 0.294 e. The Morgan fingerprint density at radius 3 is 2.51 bits per heavy atom. The second-order valence-electron chi connectivity index (χ2n) is 8.11. The fraction of sp³-hybridized carbons (Fsp3) is 0.111. The number of para-hydroxylation sites is 3. The van der Waals surface area contributed by atoms with Gasteiger partial charge in [-0.2, -0.15) is 0 Å². The van der Waals surface area contributed by atoms with Crippen molar-refractivity contribution in [2.24, 2.45) is 0 Å². The van der Waals surface area contributed by atoms with Crippen molar-refractivity contribution in [3.8, 4) is 5.69 Å². The van der Waals surface area contributed by atoms with E-state index < -0.39 is 0 Å². The molecule has 8 heteroatoms. The number of aryl methyl sites for hydroxylation is 1. The van der Waals surface area contributed by atoms with Gasteiger partial charge in [-0.1, -0.05) is 61.2 Å². The minimum Gasteiger partial charge on any atom is -0.449 e. The van der Waals surface area contributed by atoms with E-state index in [4.69, 9.17) is 9.40 Å². The third kappa shape index (κ3) is 3.63. The summed E-state index contributed by atoms with van der Waals surface area (Å²) < 4.78 is 7.36. The van der Waals surface area contributed by atoms with Crippen LogP contribution in [0.3, 0.4) is 0 Å². The molecule has 7 nitrogen and oxygen atoms in total. The van der Waals surface area contributed by atoms with Crippen LogP contribution in [-0.2, 0) is 12.2 Å². The molecule has 0 atom stereocenters. The molecule has 172 valence electrons. The van der Waals surface area contributed by atoms with Crippen molar-refractivity contribution in [2.45, 2.75) is 24.3 Å². The molecule has 0 spiro atoms. The van der Waals surface area contributed by atoms with Gasteiger partial charge < -0.3 is 9.40 Å². The van der Waals surface area contributed by atoms with Gasteiger partial charge >= 0.3 is 0 Å². The number of H-pyrrole nitrogens is 1. The van der Waals surface area contributed by atoms with Crippen molar-refractivity contribution < 1.29 is 4.42 Å². The first-order chi connectivity index (χ1) is 17.1. The Kier molecular flexibility index (Phi) is 5.22. The molecule has 6 aromatic rings. The van der Waals surface area contributed by atoms with Gasteiger partial charge in [0.1, 0.15) is 16.9 Å². The number of nitrogens with zero attached hydrogens (tertiary/aromatic N) is 3. The van der Waals surface area contributed by atoms with Crippen LogP contribution in [0.4, 0.5) is 0 Å². The average Bonchev–Trinajstić information content (AvgIpc) is 3.27. The maximum atomic E-state index is 13.6. The van der Waals surface area contributed by atoms with Crippen molar-refractivity contribution in [2.75, 3.05) is 0 Å². The molecule has 0 aliphatic rings. The summed E-state index contributed by atoms with van der Waals surface area (Å²) in [6.45, 7) is 2.06. The van der Waals surface area contributed by atoms with Crippen LogP contribution in [0.1, 0.15) is 18.3 Å². The fourth-order valence-corrected chi connectivity index (χ4v) is 5.17. The van der Waals surface area contributed by atoms with Gasteiger partial charge in [0.05, 0.1) is 22.3 Å². The molecule has 0 saturated heterocycles. The zero-order valence-corrected chi connectivity index (χ0v) is 19.6. The van der Waals surface area contributed by atoms with Crippen molar-refractivity contribution in [1.29, 1.82) is 0 Å². The lowest BCUT2D eigenvalue weighted by Crippen LogP contribution is -2.23. The van der Waals surface area contributed by atoms with Crippen LogP contribution >= 0.6 is 11.8 Å². The summed E-state index contributed by atoms with van der Waals surface area (Å²) in [4.78, 5) is 38.6. The van der Waals surface area contributed by atoms with Crippen molar-refractivity contribution in [1.82, 2.24) is 19.5 Å². The number of benzene rings is 3. The van der Waals surface area contributed by atoms with Crippen LogP contribution in [0, 0.1) is 0 Å². The lowest BCUT2D eigenvalue weighted by Gasteiger charge is -2.15. The first kappa shape index (κ1) is 21.4. The average molecular weight is 481 g/mol. The molecule has 3 aromatic heterocycles. The third-order valence-corrected chi connectivity index (χ3v) is 6.93. The number of thioether (sulfide) groups is 1. The molecular weight excluding hydrogens is 460 g/mol. The zero-order chi connectivity index (χ0) is 23.9. The van der Waals surface area contributed by atoms with Gasteiger partial charge in [-0.25, -0.2) is 9.97 Å². The van der Waals surface area contributed by atoms with Crippen LogP contribution in [0.25, 0.3) is 38.7 Å². The van der Waals surface area contributed by atoms with E-state index in [1.807, 2.05) is 66.7 Å². The molecule has 0 aliphatic carbocycles. The summed E-state index contributed by atoms with van der Waals surface area (Å²) >= 11 is 1.36. The highest BCUT2D eigenvalue weighted by Crippen LogP contribution is 2.28. The molecule has 1 N–H and O–H groups in total. The van der Waals surface area contributed by atoms with Crippen LogP contribution in [-0.4, -0.2) is 19.5 Å². The summed E-state index contributed by atoms with van der Waals surface area (Å²) in [5.74, 6) is 0.806. The molecule has 0 fully saturated rings. The first-order valence-corrected chi connectivity index (χ1v) is 12.3. The Bertz CT molecular complexity index is 1850. The summed E-state index contributed by atoms with van der Waals surface area (Å²) in [5, 5.41) is 1.88. The highest BCUT2D eigenvalue weighted by molar-refractivity contribution is 7.98. The highest BCUT2D eigenvalue weighted by Gasteiger charge is 2.17. The molecule has 3 aromatic carbocycles. The second kappa shape index (κ2) is 8.56.